The summed E-state index contributed by atoms with van der Waals surface area (Å²) in [6.07, 6.45) is 1.21. The molecular weight excluding hydrogens is 348 g/mol. The van der Waals surface area contributed by atoms with Gasteiger partial charge in [0.25, 0.3) is 0 Å². The van der Waals surface area contributed by atoms with Crippen LogP contribution in [0.15, 0.2) is 42.5 Å². The van der Waals surface area contributed by atoms with Gasteiger partial charge in [-0.2, -0.15) is 0 Å². The normalized spacial score (nSPS) is 11.9. The standard InChI is InChI=1S/C21H28O6/c1-23-14-26-20-7-5-4-6-16(20)8-9-18(22)12-17-13-19(25-3)10-11-21(17)27-15-24-2/h4-7,10-11,13,18,22H,8-9,12,14-15H2,1-3H3. The molecule has 0 saturated carbocycles. The minimum absolute atomic E-state index is 0.152. The Kier molecular flexibility index (Phi) is 8.91. The Morgan fingerprint density at radius 1 is 0.852 bits per heavy atom. The molecule has 0 bridgehead atoms. The Morgan fingerprint density at radius 2 is 1.52 bits per heavy atom. The third kappa shape index (κ3) is 6.75. The van der Waals surface area contributed by atoms with Gasteiger partial charge in [0.15, 0.2) is 13.6 Å². The number of aryl methyl sites for hydroxylation is 1. The van der Waals surface area contributed by atoms with Crippen LogP contribution in [0.5, 0.6) is 17.2 Å². The van der Waals surface area contributed by atoms with Gasteiger partial charge in [-0.05, 0) is 42.7 Å². The van der Waals surface area contributed by atoms with Gasteiger partial charge in [0.1, 0.15) is 17.2 Å². The van der Waals surface area contributed by atoms with Crippen LogP contribution in [-0.4, -0.2) is 46.1 Å². The first kappa shape index (κ1) is 21.0. The molecule has 0 aliphatic carbocycles. The van der Waals surface area contributed by atoms with E-state index < -0.39 is 6.10 Å². The molecule has 1 unspecified atom stereocenters. The van der Waals surface area contributed by atoms with E-state index in [0.29, 0.717) is 25.0 Å². The molecule has 0 amide bonds. The fourth-order valence-corrected chi connectivity index (χ4v) is 2.76. The van der Waals surface area contributed by atoms with Crippen molar-refractivity contribution in [1.29, 1.82) is 0 Å². The van der Waals surface area contributed by atoms with Crippen LogP contribution in [0.1, 0.15) is 17.5 Å². The molecule has 2 aromatic carbocycles. The highest BCUT2D eigenvalue weighted by Crippen LogP contribution is 2.27. The molecule has 6 nitrogen and oxygen atoms in total. The highest BCUT2D eigenvalue weighted by atomic mass is 16.7. The topological polar surface area (TPSA) is 66.4 Å². The van der Waals surface area contributed by atoms with Gasteiger partial charge in [-0.3, -0.25) is 0 Å². The minimum atomic E-state index is -0.530. The number of hydrogen-bond acceptors (Lipinski definition) is 6. The molecule has 0 aliphatic heterocycles. The van der Waals surface area contributed by atoms with Crippen LogP contribution in [0.3, 0.4) is 0 Å². The summed E-state index contributed by atoms with van der Waals surface area (Å²) >= 11 is 0. The number of benzene rings is 2. The van der Waals surface area contributed by atoms with E-state index in [0.717, 1.165) is 22.6 Å². The number of para-hydroxylation sites is 1. The summed E-state index contributed by atoms with van der Waals surface area (Å²) in [4.78, 5) is 0. The fraction of sp³-hybridized carbons (Fsp3) is 0.429. The third-order valence-corrected chi connectivity index (χ3v) is 4.11. The highest BCUT2D eigenvalue weighted by Gasteiger charge is 2.13. The lowest BCUT2D eigenvalue weighted by Gasteiger charge is -2.16. The van der Waals surface area contributed by atoms with Gasteiger partial charge < -0.3 is 28.8 Å². The zero-order valence-electron chi connectivity index (χ0n) is 16.1. The average molecular weight is 376 g/mol. The van der Waals surface area contributed by atoms with E-state index in [-0.39, 0.29) is 13.6 Å². The third-order valence-electron chi connectivity index (χ3n) is 4.11. The zero-order valence-corrected chi connectivity index (χ0v) is 16.1. The van der Waals surface area contributed by atoms with Crippen LogP contribution in [0.2, 0.25) is 0 Å². The molecule has 0 aliphatic rings. The summed E-state index contributed by atoms with van der Waals surface area (Å²) in [7, 11) is 4.77. The summed E-state index contributed by atoms with van der Waals surface area (Å²) in [5.41, 5.74) is 1.91. The van der Waals surface area contributed by atoms with Crippen LogP contribution in [0, 0.1) is 0 Å². The molecule has 27 heavy (non-hydrogen) atoms. The second-order valence-corrected chi connectivity index (χ2v) is 6.08. The van der Waals surface area contributed by atoms with Crippen molar-refractivity contribution >= 4 is 0 Å². The number of aliphatic hydroxyl groups excluding tert-OH is 1. The lowest BCUT2D eigenvalue weighted by Crippen LogP contribution is -2.14. The van der Waals surface area contributed by atoms with E-state index in [9.17, 15) is 5.11 Å². The summed E-state index contributed by atoms with van der Waals surface area (Å²) in [6.45, 7) is 0.350. The van der Waals surface area contributed by atoms with Crippen molar-refractivity contribution in [2.24, 2.45) is 0 Å². The molecule has 0 aromatic heterocycles. The second kappa shape index (κ2) is 11.4. The van der Waals surface area contributed by atoms with E-state index >= 15 is 0 Å². The summed E-state index contributed by atoms with van der Waals surface area (Å²) in [6, 6.07) is 13.3. The van der Waals surface area contributed by atoms with Gasteiger partial charge >= 0.3 is 0 Å². The van der Waals surface area contributed by atoms with Gasteiger partial charge in [-0.25, -0.2) is 0 Å². The van der Waals surface area contributed by atoms with Crippen molar-refractivity contribution in [2.75, 3.05) is 34.9 Å². The predicted molar refractivity (Wildman–Crippen MR) is 102 cm³/mol. The van der Waals surface area contributed by atoms with Gasteiger partial charge in [0, 0.05) is 26.2 Å². The maximum Gasteiger partial charge on any atom is 0.188 e. The predicted octanol–water partition coefficient (Wildman–Crippen LogP) is 3.20. The monoisotopic (exact) mass is 376 g/mol. The average Bonchev–Trinajstić information content (AvgIpc) is 2.70. The molecule has 6 heteroatoms. The number of rotatable bonds is 12. The maximum atomic E-state index is 10.6. The largest absolute Gasteiger partial charge is 0.497 e. The van der Waals surface area contributed by atoms with Crippen molar-refractivity contribution in [3.63, 3.8) is 0 Å². The molecule has 1 atom stereocenters. The van der Waals surface area contributed by atoms with Crippen molar-refractivity contribution in [1.82, 2.24) is 0 Å². The summed E-state index contributed by atoms with van der Waals surface area (Å²) < 4.78 is 26.4. The SMILES string of the molecule is COCOc1ccccc1CCC(O)Cc1cc(OC)ccc1OCOC. The minimum Gasteiger partial charge on any atom is -0.497 e. The highest BCUT2D eigenvalue weighted by molar-refractivity contribution is 5.41. The Morgan fingerprint density at radius 3 is 2.19 bits per heavy atom. The molecule has 2 aromatic rings. The van der Waals surface area contributed by atoms with Crippen molar-refractivity contribution < 1.29 is 28.8 Å². The number of hydrogen-bond donors (Lipinski definition) is 1. The molecule has 148 valence electrons. The van der Waals surface area contributed by atoms with Gasteiger partial charge in [0.05, 0.1) is 13.2 Å². The summed E-state index contributed by atoms with van der Waals surface area (Å²) in [5.74, 6) is 2.18. The van der Waals surface area contributed by atoms with Gasteiger partial charge in [-0.15, -0.1) is 0 Å². The van der Waals surface area contributed by atoms with Gasteiger partial charge in [-0.1, -0.05) is 18.2 Å². The van der Waals surface area contributed by atoms with Crippen LogP contribution in [0.4, 0.5) is 0 Å². The van der Waals surface area contributed by atoms with E-state index in [4.69, 9.17) is 23.7 Å². The van der Waals surface area contributed by atoms with Crippen LogP contribution < -0.4 is 14.2 Å². The molecule has 2 rings (SSSR count). The molecule has 0 radical (unpaired) electrons. The molecule has 0 spiro atoms. The van der Waals surface area contributed by atoms with E-state index in [1.165, 1.54) is 0 Å². The van der Waals surface area contributed by atoms with Crippen molar-refractivity contribution in [3.8, 4) is 17.2 Å². The zero-order chi connectivity index (χ0) is 19.5. The lowest BCUT2D eigenvalue weighted by atomic mass is 10.00. The van der Waals surface area contributed by atoms with Gasteiger partial charge in [0.2, 0.25) is 0 Å². The van der Waals surface area contributed by atoms with Crippen LogP contribution in [0.25, 0.3) is 0 Å². The van der Waals surface area contributed by atoms with E-state index in [2.05, 4.69) is 0 Å². The Hall–Kier alpha value is -2.28. The van der Waals surface area contributed by atoms with Crippen LogP contribution >= 0.6 is 0 Å². The number of methoxy groups -OCH3 is 3. The lowest BCUT2D eigenvalue weighted by molar-refractivity contribution is 0.0493. The Bertz CT molecular complexity index is 688. The first-order valence-electron chi connectivity index (χ1n) is 8.84. The Labute approximate surface area is 160 Å². The fourth-order valence-electron chi connectivity index (χ4n) is 2.76. The molecule has 0 saturated heterocycles. The first-order valence-corrected chi connectivity index (χ1v) is 8.84. The molecule has 1 N–H and O–H groups in total. The molecule has 0 fully saturated rings. The van der Waals surface area contributed by atoms with Crippen molar-refractivity contribution in [3.05, 3.63) is 53.6 Å². The molecular formula is C21H28O6. The van der Waals surface area contributed by atoms with E-state index in [1.54, 1.807) is 21.3 Å². The molecule has 0 heterocycles. The number of ether oxygens (including phenoxy) is 5. The quantitative estimate of drug-likeness (QED) is 0.574. The smallest absolute Gasteiger partial charge is 0.188 e. The summed E-state index contributed by atoms with van der Waals surface area (Å²) in [5, 5.41) is 10.6. The van der Waals surface area contributed by atoms with E-state index in [1.807, 2.05) is 42.5 Å². The first-order chi connectivity index (χ1) is 13.2. The second-order valence-electron chi connectivity index (χ2n) is 6.08. The van der Waals surface area contributed by atoms with Crippen LogP contribution in [-0.2, 0) is 22.3 Å². The maximum absolute atomic E-state index is 10.6. The Balaban J connectivity index is 2.00. The number of aliphatic hydroxyl groups is 1. The van der Waals surface area contributed by atoms with Crippen molar-refractivity contribution in [2.45, 2.75) is 25.4 Å².